The first-order valence-electron chi connectivity index (χ1n) is 8.60. The second-order valence-corrected chi connectivity index (χ2v) is 5.65. The summed E-state index contributed by atoms with van der Waals surface area (Å²) in [6.07, 6.45) is 3.13. The minimum atomic E-state index is -0.0390. The van der Waals surface area contributed by atoms with Gasteiger partial charge in [0.25, 0.3) is 0 Å². The van der Waals surface area contributed by atoms with Crippen LogP contribution < -0.4 is 10.1 Å². The predicted molar refractivity (Wildman–Crippen MR) is 94.4 cm³/mol. The van der Waals surface area contributed by atoms with Gasteiger partial charge in [-0.3, -0.25) is 4.79 Å². The van der Waals surface area contributed by atoms with Crippen LogP contribution in [0.25, 0.3) is 11.4 Å². The van der Waals surface area contributed by atoms with E-state index in [0.717, 1.165) is 17.1 Å². The van der Waals surface area contributed by atoms with Gasteiger partial charge < -0.3 is 19.0 Å². The molecule has 0 bridgehead atoms. The molecule has 2 aromatic heterocycles. The van der Waals surface area contributed by atoms with Gasteiger partial charge in [0.2, 0.25) is 17.6 Å². The third-order valence-electron chi connectivity index (χ3n) is 3.73. The van der Waals surface area contributed by atoms with Crippen molar-refractivity contribution in [2.24, 2.45) is 0 Å². The molecule has 0 atom stereocenters. The molecule has 1 amide bonds. The Kier molecular flexibility index (Phi) is 6.03. The summed E-state index contributed by atoms with van der Waals surface area (Å²) in [5, 5.41) is 6.83. The van der Waals surface area contributed by atoms with Crippen molar-refractivity contribution in [2.45, 2.75) is 32.7 Å². The van der Waals surface area contributed by atoms with E-state index in [2.05, 4.69) is 15.5 Å². The fraction of sp³-hybridized carbons (Fsp3) is 0.316. The summed E-state index contributed by atoms with van der Waals surface area (Å²) in [4.78, 5) is 16.2. The van der Waals surface area contributed by atoms with E-state index in [0.29, 0.717) is 44.1 Å². The minimum absolute atomic E-state index is 0.0390. The van der Waals surface area contributed by atoms with Crippen molar-refractivity contribution in [3.63, 3.8) is 0 Å². The molecule has 0 saturated carbocycles. The van der Waals surface area contributed by atoms with Crippen molar-refractivity contribution in [2.75, 3.05) is 6.61 Å². The van der Waals surface area contributed by atoms with Crippen molar-refractivity contribution in [1.82, 2.24) is 15.5 Å². The Balaban J connectivity index is 1.49. The molecule has 0 aliphatic rings. The second-order valence-electron chi connectivity index (χ2n) is 5.65. The van der Waals surface area contributed by atoms with Gasteiger partial charge in [-0.2, -0.15) is 4.98 Å². The molecule has 2 heterocycles. The lowest BCUT2D eigenvalue weighted by Gasteiger charge is -2.06. The summed E-state index contributed by atoms with van der Waals surface area (Å²) in [6, 6.07) is 11.2. The summed E-state index contributed by atoms with van der Waals surface area (Å²) >= 11 is 0. The molecule has 0 unspecified atom stereocenters. The Labute approximate surface area is 151 Å². The number of amides is 1. The van der Waals surface area contributed by atoms with E-state index in [-0.39, 0.29) is 5.91 Å². The Morgan fingerprint density at radius 2 is 2.12 bits per heavy atom. The van der Waals surface area contributed by atoms with E-state index >= 15 is 0 Å². The summed E-state index contributed by atoms with van der Waals surface area (Å²) in [6.45, 7) is 2.88. The molecule has 0 spiro atoms. The summed E-state index contributed by atoms with van der Waals surface area (Å²) < 4.78 is 16.0. The molecule has 136 valence electrons. The highest BCUT2D eigenvalue weighted by molar-refractivity contribution is 5.75. The number of aryl methyl sites for hydroxylation is 1. The molecule has 7 heteroatoms. The van der Waals surface area contributed by atoms with Crippen LogP contribution in [0.5, 0.6) is 5.75 Å². The van der Waals surface area contributed by atoms with Crippen LogP contribution in [0.4, 0.5) is 0 Å². The number of carbonyl (C=O) groups is 1. The number of para-hydroxylation sites is 1. The van der Waals surface area contributed by atoms with E-state index in [1.165, 1.54) is 0 Å². The molecule has 0 aliphatic heterocycles. The number of nitrogens with zero attached hydrogens (tertiary/aromatic N) is 2. The molecule has 0 radical (unpaired) electrons. The first-order valence-corrected chi connectivity index (χ1v) is 8.60. The Morgan fingerprint density at radius 3 is 2.92 bits per heavy atom. The highest BCUT2D eigenvalue weighted by atomic mass is 16.5. The number of ether oxygens (including phenoxy) is 1. The van der Waals surface area contributed by atoms with E-state index in [1.807, 2.05) is 37.3 Å². The molecule has 0 aliphatic carbocycles. The Morgan fingerprint density at radius 1 is 1.23 bits per heavy atom. The van der Waals surface area contributed by atoms with Crippen LogP contribution in [0.3, 0.4) is 0 Å². The monoisotopic (exact) mass is 355 g/mol. The predicted octanol–water partition coefficient (Wildman–Crippen LogP) is 3.37. The minimum Gasteiger partial charge on any atom is -0.493 e. The average molecular weight is 355 g/mol. The second kappa shape index (κ2) is 8.84. The number of rotatable bonds is 9. The number of nitrogens with one attached hydrogen (secondary N) is 1. The van der Waals surface area contributed by atoms with Crippen molar-refractivity contribution in [3.8, 4) is 17.1 Å². The molecule has 3 aromatic rings. The summed E-state index contributed by atoms with van der Waals surface area (Å²) in [5.41, 5.74) is 0.792. The van der Waals surface area contributed by atoms with Gasteiger partial charge in [-0.25, -0.2) is 0 Å². The molecular formula is C19H21N3O4. The molecule has 1 aromatic carbocycles. The third kappa shape index (κ3) is 4.72. The number of furan rings is 1. The average Bonchev–Trinajstić information content (AvgIpc) is 3.33. The SMILES string of the molecule is CCOc1ccccc1-c1noc(CCCC(=O)NCc2ccco2)n1. The fourth-order valence-electron chi connectivity index (χ4n) is 2.49. The lowest BCUT2D eigenvalue weighted by Crippen LogP contribution is -2.22. The quantitative estimate of drug-likeness (QED) is 0.633. The third-order valence-corrected chi connectivity index (χ3v) is 3.73. The molecule has 7 nitrogen and oxygen atoms in total. The van der Waals surface area contributed by atoms with E-state index < -0.39 is 0 Å². The maximum atomic E-state index is 11.8. The molecule has 26 heavy (non-hydrogen) atoms. The van der Waals surface area contributed by atoms with Crippen LogP contribution in [0.15, 0.2) is 51.6 Å². The van der Waals surface area contributed by atoms with Crippen molar-refractivity contribution in [3.05, 3.63) is 54.3 Å². The Hall–Kier alpha value is -3.09. The normalized spacial score (nSPS) is 10.7. The van der Waals surface area contributed by atoms with Crippen molar-refractivity contribution >= 4 is 5.91 Å². The standard InChI is InChI=1S/C19H21N3O4/c1-2-24-16-9-4-3-8-15(16)19-21-18(26-22-19)11-5-10-17(23)20-13-14-7-6-12-25-14/h3-4,6-9,12H,2,5,10-11,13H2,1H3,(H,20,23). The van der Waals surface area contributed by atoms with Crippen LogP contribution in [0, 0.1) is 0 Å². The van der Waals surface area contributed by atoms with Gasteiger partial charge in [0.15, 0.2) is 0 Å². The zero-order valence-corrected chi connectivity index (χ0v) is 14.6. The largest absolute Gasteiger partial charge is 0.493 e. The molecule has 3 rings (SSSR count). The Bertz CT molecular complexity index is 827. The van der Waals surface area contributed by atoms with Crippen LogP contribution in [0.2, 0.25) is 0 Å². The highest BCUT2D eigenvalue weighted by Crippen LogP contribution is 2.27. The lowest BCUT2D eigenvalue weighted by molar-refractivity contribution is -0.121. The van der Waals surface area contributed by atoms with Gasteiger partial charge >= 0.3 is 0 Å². The van der Waals surface area contributed by atoms with Gasteiger partial charge in [-0.1, -0.05) is 17.3 Å². The van der Waals surface area contributed by atoms with Crippen LogP contribution in [-0.4, -0.2) is 22.7 Å². The molecule has 1 N–H and O–H groups in total. The maximum absolute atomic E-state index is 11.8. The van der Waals surface area contributed by atoms with Gasteiger partial charge in [-0.05, 0) is 37.6 Å². The van der Waals surface area contributed by atoms with Crippen LogP contribution in [0.1, 0.15) is 31.4 Å². The van der Waals surface area contributed by atoms with Crippen molar-refractivity contribution < 1.29 is 18.5 Å². The van der Waals surface area contributed by atoms with E-state index in [4.69, 9.17) is 13.7 Å². The number of hydrogen-bond donors (Lipinski definition) is 1. The maximum Gasteiger partial charge on any atom is 0.226 e. The van der Waals surface area contributed by atoms with Crippen LogP contribution >= 0.6 is 0 Å². The zero-order valence-electron chi connectivity index (χ0n) is 14.6. The van der Waals surface area contributed by atoms with Crippen molar-refractivity contribution in [1.29, 1.82) is 0 Å². The van der Waals surface area contributed by atoms with E-state index in [9.17, 15) is 4.79 Å². The van der Waals surface area contributed by atoms with Gasteiger partial charge in [0, 0.05) is 12.8 Å². The lowest BCUT2D eigenvalue weighted by atomic mass is 10.2. The van der Waals surface area contributed by atoms with Gasteiger partial charge in [-0.15, -0.1) is 0 Å². The molecule has 0 fully saturated rings. The topological polar surface area (TPSA) is 90.4 Å². The summed E-state index contributed by atoms with van der Waals surface area (Å²) in [7, 11) is 0. The number of benzene rings is 1. The van der Waals surface area contributed by atoms with Crippen LogP contribution in [-0.2, 0) is 17.8 Å². The molecule has 0 saturated heterocycles. The zero-order chi connectivity index (χ0) is 18.2. The highest BCUT2D eigenvalue weighted by Gasteiger charge is 2.13. The smallest absolute Gasteiger partial charge is 0.226 e. The number of hydrogen-bond acceptors (Lipinski definition) is 6. The first-order chi connectivity index (χ1) is 12.8. The first kappa shape index (κ1) is 17.7. The van der Waals surface area contributed by atoms with Gasteiger partial charge in [0.1, 0.15) is 11.5 Å². The molecular weight excluding hydrogens is 334 g/mol. The number of aromatic nitrogens is 2. The van der Waals surface area contributed by atoms with Gasteiger partial charge in [0.05, 0.1) is 25.0 Å². The number of carbonyl (C=O) groups excluding carboxylic acids is 1. The fourth-order valence-corrected chi connectivity index (χ4v) is 2.49. The summed E-state index contributed by atoms with van der Waals surface area (Å²) in [5.74, 6) is 2.41. The van der Waals surface area contributed by atoms with E-state index in [1.54, 1.807) is 12.3 Å².